The summed E-state index contributed by atoms with van der Waals surface area (Å²) < 4.78 is 10.3. The molecule has 2 N–H and O–H groups in total. The summed E-state index contributed by atoms with van der Waals surface area (Å²) in [5.41, 5.74) is 1.27. The summed E-state index contributed by atoms with van der Waals surface area (Å²) in [7, 11) is 3.07. The number of amides is 1. The first-order chi connectivity index (χ1) is 12.6. The maximum absolute atomic E-state index is 12.3. The van der Waals surface area contributed by atoms with Gasteiger partial charge in [-0.3, -0.25) is 4.79 Å². The molecule has 0 bridgehead atoms. The zero-order valence-corrected chi connectivity index (χ0v) is 15.1. The number of carbonyl (C=O) groups is 1. The minimum absolute atomic E-state index is 0.0741. The van der Waals surface area contributed by atoms with Crippen molar-refractivity contribution in [2.24, 2.45) is 0 Å². The molecule has 0 aliphatic heterocycles. The SMILES string of the molecule is COc1cccc(CN/C=C(/C#N)C(=O)Nc2cc(Cl)ccc2OC)c1. The molecule has 6 nitrogen and oxygen atoms in total. The molecule has 0 saturated carbocycles. The highest BCUT2D eigenvalue weighted by Gasteiger charge is 2.12. The second kappa shape index (κ2) is 9.35. The van der Waals surface area contributed by atoms with Crippen molar-refractivity contribution in [1.82, 2.24) is 5.32 Å². The molecule has 0 aromatic heterocycles. The molecule has 134 valence electrons. The standard InChI is InChI=1S/C19H18ClN3O3/c1-25-16-5-3-4-13(8-16)11-22-12-14(10-21)19(24)23-17-9-15(20)6-7-18(17)26-2/h3-9,12,22H,11H2,1-2H3,(H,23,24)/b14-12-. The number of halogens is 1. The van der Waals surface area contributed by atoms with Crippen LogP contribution in [-0.2, 0) is 11.3 Å². The van der Waals surface area contributed by atoms with Gasteiger partial charge in [-0.2, -0.15) is 5.26 Å². The average molecular weight is 372 g/mol. The normalized spacial score (nSPS) is 10.6. The summed E-state index contributed by atoms with van der Waals surface area (Å²) in [6.45, 7) is 0.441. The summed E-state index contributed by atoms with van der Waals surface area (Å²) in [5.74, 6) is 0.621. The quantitative estimate of drug-likeness (QED) is 0.575. The van der Waals surface area contributed by atoms with E-state index in [2.05, 4.69) is 10.6 Å². The van der Waals surface area contributed by atoms with Gasteiger partial charge in [-0.1, -0.05) is 23.7 Å². The van der Waals surface area contributed by atoms with Gasteiger partial charge in [-0.25, -0.2) is 0 Å². The summed E-state index contributed by atoms with van der Waals surface area (Å²) in [6, 6.07) is 14.2. The van der Waals surface area contributed by atoms with Crippen molar-refractivity contribution in [3.63, 3.8) is 0 Å². The minimum atomic E-state index is -0.564. The molecule has 2 rings (SSSR count). The van der Waals surface area contributed by atoms with E-state index in [1.165, 1.54) is 13.3 Å². The zero-order valence-electron chi connectivity index (χ0n) is 14.4. The van der Waals surface area contributed by atoms with Crippen LogP contribution in [0.25, 0.3) is 0 Å². The van der Waals surface area contributed by atoms with Crippen LogP contribution in [0.5, 0.6) is 11.5 Å². The number of rotatable bonds is 7. The molecular formula is C19H18ClN3O3. The summed E-state index contributed by atoms with van der Waals surface area (Å²) in [4.78, 5) is 12.3. The molecule has 7 heteroatoms. The molecule has 0 aliphatic rings. The van der Waals surface area contributed by atoms with Crippen LogP contribution in [0.4, 0.5) is 5.69 Å². The number of methoxy groups -OCH3 is 2. The molecule has 26 heavy (non-hydrogen) atoms. The highest BCUT2D eigenvalue weighted by molar-refractivity contribution is 6.31. The molecule has 0 heterocycles. The molecule has 0 spiro atoms. The van der Waals surface area contributed by atoms with Crippen LogP contribution in [0, 0.1) is 11.3 Å². The van der Waals surface area contributed by atoms with Gasteiger partial charge in [0.05, 0.1) is 19.9 Å². The third-order valence-electron chi connectivity index (χ3n) is 3.46. The Hall–Kier alpha value is -3.17. The number of hydrogen-bond donors (Lipinski definition) is 2. The number of nitrogens with one attached hydrogen (secondary N) is 2. The summed E-state index contributed by atoms with van der Waals surface area (Å²) >= 11 is 5.94. The van der Waals surface area contributed by atoms with E-state index in [1.807, 2.05) is 30.3 Å². The number of nitriles is 1. The van der Waals surface area contributed by atoms with Crippen LogP contribution < -0.4 is 20.1 Å². The van der Waals surface area contributed by atoms with Gasteiger partial charge in [0.15, 0.2) is 0 Å². The second-order valence-electron chi connectivity index (χ2n) is 5.20. The van der Waals surface area contributed by atoms with Gasteiger partial charge in [-0.05, 0) is 35.9 Å². The first-order valence-electron chi connectivity index (χ1n) is 7.69. The Morgan fingerprint density at radius 3 is 2.73 bits per heavy atom. The smallest absolute Gasteiger partial charge is 0.267 e. The van der Waals surface area contributed by atoms with Crippen LogP contribution in [0.1, 0.15) is 5.56 Å². The van der Waals surface area contributed by atoms with Crippen LogP contribution in [0.2, 0.25) is 5.02 Å². The molecule has 0 fully saturated rings. The summed E-state index contributed by atoms with van der Waals surface area (Å²) in [5, 5.41) is 15.3. The molecule has 2 aromatic rings. The number of nitrogens with zero attached hydrogens (tertiary/aromatic N) is 1. The van der Waals surface area contributed by atoms with Crippen molar-refractivity contribution in [1.29, 1.82) is 5.26 Å². The lowest BCUT2D eigenvalue weighted by atomic mass is 10.2. The number of hydrogen-bond acceptors (Lipinski definition) is 5. The monoisotopic (exact) mass is 371 g/mol. The maximum Gasteiger partial charge on any atom is 0.267 e. The number of carbonyl (C=O) groups excluding carboxylic acids is 1. The highest BCUT2D eigenvalue weighted by Crippen LogP contribution is 2.27. The predicted octanol–water partition coefficient (Wildman–Crippen LogP) is 3.49. The minimum Gasteiger partial charge on any atom is -0.497 e. The lowest BCUT2D eigenvalue weighted by Crippen LogP contribution is -2.17. The van der Waals surface area contributed by atoms with Crippen LogP contribution in [0.3, 0.4) is 0 Å². The average Bonchev–Trinajstić information content (AvgIpc) is 2.65. The molecule has 0 aliphatic carbocycles. The van der Waals surface area contributed by atoms with Gasteiger partial charge in [-0.15, -0.1) is 0 Å². The van der Waals surface area contributed by atoms with Crippen LogP contribution in [0.15, 0.2) is 54.2 Å². The van der Waals surface area contributed by atoms with Gasteiger partial charge < -0.3 is 20.1 Å². The van der Waals surface area contributed by atoms with Crippen molar-refractivity contribution in [2.45, 2.75) is 6.54 Å². The Kier molecular flexibility index (Phi) is 6.89. The Labute approximate surface area is 157 Å². The van der Waals surface area contributed by atoms with E-state index in [4.69, 9.17) is 21.1 Å². The van der Waals surface area contributed by atoms with Crippen LogP contribution >= 0.6 is 11.6 Å². The van der Waals surface area contributed by atoms with E-state index in [0.29, 0.717) is 23.0 Å². The van der Waals surface area contributed by atoms with E-state index < -0.39 is 5.91 Å². The van der Waals surface area contributed by atoms with E-state index >= 15 is 0 Å². The van der Waals surface area contributed by atoms with Crippen molar-refractivity contribution >= 4 is 23.2 Å². The predicted molar refractivity (Wildman–Crippen MR) is 100 cm³/mol. The fraction of sp³-hybridized carbons (Fsp3) is 0.158. The van der Waals surface area contributed by atoms with E-state index in [1.54, 1.807) is 25.3 Å². The first-order valence-corrected chi connectivity index (χ1v) is 8.06. The first kappa shape index (κ1) is 19.2. The number of benzene rings is 2. The van der Waals surface area contributed by atoms with Gasteiger partial charge in [0.1, 0.15) is 23.1 Å². The van der Waals surface area contributed by atoms with Crippen molar-refractivity contribution in [2.75, 3.05) is 19.5 Å². The lowest BCUT2D eigenvalue weighted by molar-refractivity contribution is -0.112. The topological polar surface area (TPSA) is 83.4 Å². The molecule has 2 aromatic carbocycles. The fourth-order valence-corrected chi connectivity index (χ4v) is 2.34. The lowest BCUT2D eigenvalue weighted by Gasteiger charge is -2.10. The maximum atomic E-state index is 12.3. The Bertz CT molecular complexity index is 859. The van der Waals surface area contributed by atoms with Gasteiger partial charge in [0.2, 0.25) is 0 Å². The van der Waals surface area contributed by atoms with E-state index in [0.717, 1.165) is 11.3 Å². The Balaban J connectivity index is 2.05. The van der Waals surface area contributed by atoms with Crippen molar-refractivity contribution < 1.29 is 14.3 Å². The van der Waals surface area contributed by atoms with Gasteiger partial charge in [0, 0.05) is 17.8 Å². The Morgan fingerprint density at radius 1 is 1.23 bits per heavy atom. The molecule has 0 radical (unpaired) electrons. The molecule has 0 atom stereocenters. The van der Waals surface area contributed by atoms with E-state index in [9.17, 15) is 10.1 Å². The largest absolute Gasteiger partial charge is 0.497 e. The van der Waals surface area contributed by atoms with Gasteiger partial charge in [0.25, 0.3) is 5.91 Å². The fourth-order valence-electron chi connectivity index (χ4n) is 2.17. The third kappa shape index (κ3) is 5.16. The molecule has 1 amide bonds. The van der Waals surface area contributed by atoms with Crippen molar-refractivity contribution in [3.05, 3.63) is 64.8 Å². The molecular weight excluding hydrogens is 354 g/mol. The molecule has 0 saturated heterocycles. The van der Waals surface area contributed by atoms with Gasteiger partial charge >= 0.3 is 0 Å². The highest BCUT2D eigenvalue weighted by atomic mass is 35.5. The second-order valence-corrected chi connectivity index (χ2v) is 5.64. The van der Waals surface area contributed by atoms with E-state index in [-0.39, 0.29) is 5.57 Å². The third-order valence-corrected chi connectivity index (χ3v) is 3.70. The Morgan fingerprint density at radius 2 is 2.04 bits per heavy atom. The van der Waals surface area contributed by atoms with Crippen molar-refractivity contribution in [3.8, 4) is 17.6 Å². The summed E-state index contributed by atoms with van der Waals surface area (Å²) in [6.07, 6.45) is 1.37. The molecule has 0 unspecified atom stereocenters. The zero-order chi connectivity index (χ0) is 18.9. The number of anilines is 1. The number of ether oxygens (including phenoxy) is 2. The van der Waals surface area contributed by atoms with Crippen LogP contribution in [-0.4, -0.2) is 20.1 Å².